The van der Waals surface area contributed by atoms with Crippen LogP contribution < -0.4 is 9.47 Å². The van der Waals surface area contributed by atoms with Crippen molar-refractivity contribution in [1.29, 1.82) is 0 Å². The van der Waals surface area contributed by atoms with E-state index in [-0.39, 0.29) is 11.6 Å². The quantitative estimate of drug-likeness (QED) is 0.222. The zero-order valence-corrected chi connectivity index (χ0v) is 21.5. The van der Waals surface area contributed by atoms with Crippen molar-refractivity contribution in [2.45, 2.75) is 6.61 Å². The van der Waals surface area contributed by atoms with Crippen LogP contribution in [0.1, 0.15) is 16.7 Å². The number of rotatable bonds is 6. The van der Waals surface area contributed by atoms with Gasteiger partial charge in [-0.1, -0.05) is 50.1 Å². The molecule has 3 aromatic carbocycles. The first-order valence-electron chi connectivity index (χ1n) is 9.47. The lowest BCUT2D eigenvalue weighted by molar-refractivity contribution is -0.129. The van der Waals surface area contributed by atoms with Crippen LogP contribution in [0.25, 0.3) is 6.08 Å². The average molecular weight is 622 g/mol. The van der Waals surface area contributed by atoms with Crippen molar-refractivity contribution in [3.05, 3.63) is 96.5 Å². The number of carbonyl (C=O) groups excluding carboxylic acids is 1. The molecule has 0 saturated heterocycles. The van der Waals surface area contributed by atoms with Gasteiger partial charge in [0.25, 0.3) is 0 Å². The van der Waals surface area contributed by atoms with Crippen LogP contribution in [0.4, 0.5) is 0 Å². The van der Waals surface area contributed by atoms with Gasteiger partial charge in [0, 0.05) is 20.1 Å². The Kier molecular flexibility index (Phi) is 7.13. The van der Waals surface area contributed by atoms with E-state index in [9.17, 15) is 4.79 Å². The zero-order valence-electron chi connectivity index (χ0n) is 16.8. The molecule has 0 bridgehead atoms. The van der Waals surface area contributed by atoms with Gasteiger partial charge >= 0.3 is 5.97 Å². The normalized spacial score (nSPS) is 14.3. The van der Waals surface area contributed by atoms with Gasteiger partial charge in [-0.2, -0.15) is 0 Å². The van der Waals surface area contributed by atoms with Crippen LogP contribution in [0.5, 0.6) is 11.5 Å². The minimum Gasteiger partial charge on any atom is -0.493 e. The van der Waals surface area contributed by atoms with Gasteiger partial charge in [0.1, 0.15) is 6.61 Å². The molecule has 162 valence electrons. The van der Waals surface area contributed by atoms with E-state index in [1.807, 2.05) is 54.6 Å². The Labute approximate surface area is 210 Å². The molecule has 0 unspecified atom stereocenters. The molecule has 0 atom stereocenters. The van der Waals surface area contributed by atoms with Crippen LogP contribution in [-0.2, 0) is 16.1 Å². The molecule has 3 aromatic rings. The molecule has 32 heavy (non-hydrogen) atoms. The number of benzene rings is 3. The second kappa shape index (κ2) is 10.0. The predicted octanol–water partition coefficient (Wildman–Crippen LogP) is 6.91. The minimum absolute atomic E-state index is 0.207. The third-order valence-electron chi connectivity index (χ3n) is 4.60. The lowest BCUT2D eigenvalue weighted by Gasteiger charge is -2.14. The summed E-state index contributed by atoms with van der Waals surface area (Å²) in [6, 6.07) is 18.9. The monoisotopic (exact) mass is 619 g/mol. The number of nitrogens with zero attached hydrogens (tertiary/aromatic N) is 1. The number of halogens is 3. The molecule has 0 aliphatic carbocycles. The van der Waals surface area contributed by atoms with Crippen molar-refractivity contribution >= 4 is 65.7 Å². The Morgan fingerprint density at radius 1 is 1.00 bits per heavy atom. The number of carbonyl (C=O) groups is 1. The van der Waals surface area contributed by atoms with E-state index < -0.39 is 5.97 Å². The van der Waals surface area contributed by atoms with Gasteiger partial charge in [-0.05, 0) is 70.0 Å². The van der Waals surface area contributed by atoms with E-state index in [1.165, 1.54) is 0 Å². The van der Waals surface area contributed by atoms with E-state index in [0.29, 0.717) is 22.6 Å². The van der Waals surface area contributed by atoms with Crippen LogP contribution in [0.15, 0.2) is 84.8 Å². The van der Waals surface area contributed by atoms with E-state index in [0.717, 1.165) is 25.6 Å². The molecule has 0 aromatic heterocycles. The Bertz CT molecular complexity index is 1240. The summed E-state index contributed by atoms with van der Waals surface area (Å²) in [6.45, 7) is 0.365. The summed E-state index contributed by atoms with van der Waals surface area (Å²) in [7, 11) is 1.57. The highest BCUT2D eigenvalue weighted by atomic mass is 79.9. The van der Waals surface area contributed by atoms with Gasteiger partial charge in [-0.15, -0.1) is 0 Å². The molecule has 0 N–H and O–H groups in total. The summed E-state index contributed by atoms with van der Waals surface area (Å²) in [5.41, 5.74) is 2.66. The second-order valence-electron chi connectivity index (χ2n) is 6.76. The van der Waals surface area contributed by atoms with E-state index in [4.69, 9.17) is 14.2 Å². The van der Waals surface area contributed by atoms with Gasteiger partial charge in [-0.25, -0.2) is 9.79 Å². The van der Waals surface area contributed by atoms with Crippen molar-refractivity contribution in [3.63, 3.8) is 0 Å². The minimum atomic E-state index is -0.507. The highest BCUT2D eigenvalue weighted by Crippen LogP contribution is 2.38. The van der Waals surface area contributed by atoms with Crippen LogP contribution in [0, 0.1) is 0 Å². The fraction of sp³-hybridized carbons (Fsp3) is 0.0833. The molecule has 8 heteroatoms. The molecule has 0 saturated carbocycles. The first-order valence-corrected chi connectivity index (χ1v) is 11.8. The van der Waals surface area contributed by atoms with Gasteiger partial charge in [0.2, 0.25) is 5.90 Å². The summed E-state index contributed by atoms with van der Waals surface area (Å²) in [5, 5.41) is 0. The van der Waals surface area contributed by atoms with Crippen molar-refractivity contribution in [3.8, 4) is 11.5 Å². The summed E-state index contributed by atoms with van der Waals surface area (Å²) < 4.78 is 19.5. The maximum absolute atomic E-state index is 12.3. The molecule has 4 rings (SSSR count). The largest absolute Gasteiger partial charge is 0.493 e. The number of cyclic esters (lactones) is 1. The summed E-state index contributed by atoms with van der Waals surface area (Å²) in [6.07, 6.45) is 1.65. The molecule has 1 heterocycles. The Morgan fingerprint density at radius 2 is 1.75 bits per heavy atom. The number of methoxy groups -OCH3 is 1. The molecular formula is C24H16Br3NO4. The smallest absolute Gasteiger partial charge is 0.363 e. The van der Waals surface area contributed by atoms with Crippen LogP contribution >= 0.6 is 47.8 Å². The maximum atomic E-state index is 12.3. The highest BCUT2D eigenvalue weighted by molar-refractivity contribution is 9.11. The first kappa shape index (κ1) is 22.8. The predicted molar refractivity (Wildman–Crippen MR) is 134 cm³/mol. The first-order chi connectivity index (χ1) is 15.4. The molecule has 0 fully saturated rings. The van der Waals surface area contributed by atoms with Crippen LogP contribution in [0.2, 0.25) is 0 Å². The molecule has 1 aliphatic heterocycles. The summed E-state index contributed by atoms with van der Waals surface area (Å²) in [5.74, 6) is 0.862. The molecule has 0 radical (unpaired) electrons. The standard InChI is InChI=1S/C24H16Br3NO4/c1-30-21-12-14(10-19(27)22(21)31-13-16-4-2-3-5-18(16)26)11-20-24(29)32-23(28-20)15-6-8-17(25)9-7-15/h2-12H,13H2,1H3/b20-11-. The Balaban J connectivity index is 1.59. The van der Waals surface area contributed by atoms with Gasteiger partial charge in [0.05, 0.1) is 11.6 Å². The maximum Gasteiger partial charge on any atom is 0.363 e. The van der Waals surface area contributed by atoms with Crippen molar-refractivity contribution < 1.29 is 19.0 Å². The second-order valence-corrected chi connectivity index (χ2v) is 9.38. The van der Waals surface area contributed by atoms with Crippen molar-refractivity contribution in [1.82, 2.24) is 0 Å². The number of hydrogen-bond acceptors (Lipinski definition) is 5. The summed E-state index contributed by atoms with van der Waals surface area (Å²) in [4.78, 5) is 16.7. The van der Waals surface area contributed by atoms with Gasteiger partial charge in [0.15, 0.2) is 17.2 Å². The molecule has 0 amide bonds. The lowest BCUT2D eigenvalue weighted by atomic mass is 10.1. The molecule has 5 nitrogen and oxygen atoms in total. The number of hydrogen-bond donors (Lipinski definition) is 0. The number of ether oxygens (including phenoxy) is 3. The van der Waals surface area contributed by atoms with E-state index in [1.54, 1.807) is 19.3 Å². The fourth-order valence-electron chi connectivity index (χ4n) is 3.01. The molecule has 0 spiro atoms. The fourth-order valence-corrected chi connectivity index (χ4v) is 4.25. The SMILES string of the molecule is COc1cc(/C=C2\N=C(c3ccc(Br)cc3)OC2=O)cc(Br)c1OCc1ccccc1Br. The van der Waals surface area contributed by atoms with E-state index in [2.05, 4.69) is 52.8 Å². The summed E-state index contributed by atoms with van der Waals surface area (Å²) >= 11 is 10.5. The topological polar surface area (TPSA) is 57.1 Å². The zero-order chi connectivity index (χ0) is 22.7. The third-order valence-corrected chi connectivity index (χ3v) is 6.49. The highest BCUT2D eigenvalue weighted by Gasteiger charge is 2.24. The third kappa shape index (κ3) is 5.14. The lowest BCUT2D eigenvalue weighted by Crippen LogP contribution is -2.05. The van der Waals surface area contributed by atoms with Crippen LogP contribution in [0.3, 0.4) is 0 Å². The van der Waals surface area contributed by atoms with Gasteiger partial charge < -0.3 is 14.2 Å². The molecule has 1 aliphatic rings. The number of aliphatic imine (C=N–C) groups is 1. The average Bonchev–Trinajstić information content (AvgIpc) is 3.14. The molecular weight excluding hydrogens is 606 g/mol. The number of esters is 1. The van der Waals surface area contributed by atoms with Gasteiger partial charge in [-0.3, -0.25) is 0 Å². The van der Waals surface area contributed by atoms with Crippen LogP contribution in [-0.4, -0.2) is 19.0 Å². The van der Waals surface area contributed by atoms with Crippen molar-refractivity contribution in [2.75, 3.05) is 7.11 Å². The Hall–Kier alpha value is -2.42. The van der Waals surface area contributed by atoms with E-state index >= 15 is 0 Å². The Morgan fingerprint density at radius 3 is 2.47 bits per heavy atom. The van der Waals surface area contributed by atoms with Crippen molar-refractivity contribution in [2.24, 2.45) is 4.99 Å².